The first-order valence-corrected chi connectivity index (χ1v) is 21.8. The van der Waals surface area contributed by atoms with Crippen LogP contribution in [-0.2, 0) is 47.2 Å². The molecule has 2 aromatic heterocycles. The predicted octanol–water partition coefficient (Wildman–Crippen LogP) is 5.42. The van der Waals surface area contributed by atoms with E-state index in [1.165, 1.54) is 29.1 Å². The van der Waals surface area contributed by atoms with Gasteiger partial charge in [0.05, 0.1) is 56.0 Å². The number of carbonyl (C=O) groups is 2. The molecule has 2 aromatic carbocycles. The smallest absolute Gasteiger partial charge is 0.286 e. The summed E-state index contributed by atoms with van der Waals surface area (Å²) in [6, 6.07) is 11.3. The summed E-state index contributed by atoms with van der Waals surface area (Å²) in [5, 5.41) is 16.6. The van der Waals surface area contributed by atoms with Crippen molar-refractivity contribution in [2.75, 3.05) is 37.5 Å². The second kappa shape index (κ2) is 16.2. The maximum absolute atomic E-state index is 15.0. The third-order valence-electron chi connectivity index (χ3n) is 12.1. The number of methoxy groups -OCH3 is 1. The topological polar surface area (TPSA) is 162 Å². The minimum absolute atomic E-state index is 0.0188. The Kier molecular flexibility index (Phi) is 11.2. The summed E-state index contributed by atoms with van der Waals surface area (Å²) in [5.41, 5.74) is 3.75. The van der Waals surface area contributed by atoms with E-state index in [9.17, 15) is 14.7 Å². The largest absolute Gasteiger partial charge is 0.490 e. The molecule has 1 saturated carbocycles. The number of anilines is 1. The monoisotopic (exact) mass is 831 g/mol. The number of aliphatic hydroxyl groups excluding tert-OH is 1. The van der Waals surface area contributed by atoms with Crippen molar-refractivity contribution in [3.63, 3.8) is 0 Å². The van der Waals surface area contributed by atoms with E-state index in [0.717, 1.165) is 37.8 Å². The standard InChI is InChI=1S/C42H50ClN7O7S/c1-26-22-58(54,47-40(53)33-20-49(3)45-41(33)55-4)46-39(52)28-8-13-38-35(17-28)50(23-42(24-57-38)15-5-6-27-16-30(43)9-11-34(27)42)18-29-7-10-32(29)36(51)12-14-37(26)56-21-31-19-48(2)25-44-31/h8-9,11-14,16-17,19-20,25-26,29,32,36-37,51H,5-7,10,15,18,21-24H2,1-4H3,(H,46,47,52,53,54)/b14-12+/t26-,29+,32-,36+,37+,42+,58+/m1/s1. The van der Waals surface area contributed by atoms with Crippen LogP contribution in [0.3, 0.4) is 0 Å². The first-order chi connectivity index (χ1) is 27.8. The Bertz CT molecular complexity index is 2370. The van der Waals surface area contributed by atoms with Gasteiger partial charge in [-0.15, -0.1) is 9.46 Å². The molecule has 2 bridgehead atoms. The van der Waals surface area contributed by atoms with Gasteiger partial charge in [-0.25, -0.2) is 9.19 Å². The highest BCUT2D eigenvalue weighted by molar-refractivity contribution is 7.92. The van der Waals surface area contributed by atoms with Gasteiger partial charge in [0.25, 0.3) is 11.8 Å². The average molecular weight is 832 g/mol. The number of imidazole rings is 1. The number of amides is 2. The van der Waals surface area contributed by atoms with Crippen molar-refractivity contribution >= 4 is 39.0 Å². The van der Waals surface area contributed by atoms with Crippen molar-refractivity contribution in [2.24, 2.45) is 36.2 Å². The summed E-state index contributed by atoms with van der Waals surface area (Å²) in [7, 11) is 1.05. The predicted molar refractivity (Wildman–Crippen MR) is 220 cm³/mol. The van der Waals surface area contributed by atoms with Crippen molar-refractivity contribution in [3.8, 4) is 11.6 Å². The molecular formula is C42H50ClN7O7S. The van der Waals surface area contributed by atoms with Crippen LogP contribution in [0, 0.1) is 17.8 Å². The zero-order valence-electron chi connectivity index (χ0n) is 33.2. The molecule has 14 nitrogen and oxygen atoms in total. The normalized spacial score (nSPS) is 28.9. The Morgan fingerprint density at radius 3 is 2.76 bits per heavy atom. The Morgan fingerprint density at radius 2 is 2.00 bits per heavy atom. The van der Waals surface area contributed by atoms with Crippen LogP contribution in [0.1, 0.15) is 70.1 Å². The van der Waals surface area contributed by atoms with Crippen molar-refractivity contribution in [1.82, 2.24) is 24.1 Å². The van der Waals surface area contributed by atoms with Crippen LogP contribution in [-0.4, -0.2) is 85.2 Å². The molecule has 0 unspecified atom stereocenters. The molecule has 2 aliphatic heterocycles. The number of halogens is 1. The van der Waals surface area contributed by atoms with Gasteiger partial charge in [0.15, 0.2) is 0 Å². The van der Waals surface area contributed by atoms with E-state index in [2.05, 4.69) is 36.2 Å². The number of carbonyl (C=O) groups excluding carboxylic acids is 2. The van der Waals surface area contributed by atoms with Gasteiger partial charge < -0.3 is 28.8 Å². The fourth-order valence-corrected chi connectivity index (χ4v) is 11.1. The number of nitrogens with one attached hydrogen (secondary N) is 1. The first-order valence-electron chi connectivity index (χ1n) is 19.8. The third kappa shape index (κ3) is 8.14. The van der Waals surface area contributed by atoms with Crippen molar-refractivity contribution in [3.05, 3.63) is 100 Å². The lowest BCUT2D eigenvalue weighted by Crippen LogP contribution is -2.49. The second-order valence-corrected chi connectivity index (χ2v) is 18.7. The number of nitrogens with zero attached hydrogens (tertiary/aromatic N) is 6. The Balaban J connectivity index is 1.21. The number of fused-ring (bicyclic) bond motifs is 4. The minimum Gasteiger partial charge on any atom is -0.490 e. The molecule has 7 atom stereocenters. The molecule has 0 radical (unpaired) electrons. The lowest BCUT2D eigenvalue weighted by molar-refractivity contribution is 0.0331. The van der Waals surface area contributed by atoms with Crippen LogP contribution >= 0.6 is 11.6 Å². The fraction of sp³-hybridized carbons (Fsp3) is 0.476. The fourth-order valence-electron chi connectivity index (χ4n) is 9.01. The molecule has 2 aliphatic carbocycles. The summed E-state index contributed by atoms with van der Waals surface area (Å²) < 4.78 is 43.5. The number of aryl methyl sites for hydroxylation is 3. The summed E-state index contributed by atoms with van der Waals surface area (Å²) in [6.45, 7) is 3.65. The van der Waals surface area contributed by atoms with Gasteiger partial charge in [-0.05, 0) is 85.4 Å². The zero-order chi connectivity index (χ0) is 40.8. The Labute approximate surface area is 343 Å². The number of hydrogen-bond acceptors (Lipinski definition) is 10. The Hall–Kier alpha value is -4.70. The molecule has 58 heavy (non-hydrogen) atoms. The second-order valence-electron chi connectivity index (χ2n) is 16.3. The van der Waals surface area contributed by atoms with Crippen LogP contribution in [0.2, 0.25) is 5.02 Å². The highest BCUT2D eigenvalue weighted by Gasteiger charge is 2.44. The highest BCUT2D eigenvalue weighted by Crippen LogP contribution is 2.47. The van der Waals surface area contributed by atoms with E-state index in [-0.39, 0.29) is 46.6 Å². The quantitative estimate of drug-likeness (QED) is 0.240. The van der Waals surface area contributed by atoms with Gasteiger partial charge in [0, 0.05) is 61.5 Å². The van der Waals surface area contributed by atoms with Crippen LogP contribution in [0.15, 0.2) is 71.6 Å². The molecule has 0 saturated heterocycles. The van der Waals surface area contributed by atoms with Crippen molar-refractivity contribution in [2.45, 2.75) is 63.3 Å². The van der Waals surface area contributed by atoms with Crippen molar-refractivity contribution < 1.29 is 33.1 Å². The van der Waals surface area contributed by atoms with Crippen LogP contribution in [0.4, 0.5) is 5.69 Å². The Morgan fingerprint density at radius 1 is 1.16 bits per heavy atom. The number of ether oxygens (including phenoxy) is 3. The van der Waals surface area contributed by atoms with Crippen LogP contribution in [0.5, 0.6) is 11.6 Å². The molecule has 4 heterocycles. The molecule has 4 aromatic rings. The zero-order valence-corrected chi connectivity index (χ0v) is 34.7. The van der Waals surface area contributed by atoms with Gasteiger partial charge in [-0.2, -0.15) is 0 Å². The summed E-state index contributed by atoms with van der Waals surface area (Å²) in [4.78, 5) is 34.8. The number of aliphatic hydroxyl groups is 1. The van der Waals surface area contributed by atoms with E-state index >= 15 is 4.21 Å². The van der Waals surface area contributed by atoms with E-state index in [1.807, 2.05) is 30.8 Å². The molecule has 308 valence electrons. The minimum atomic E-state index is -3.83. The van der Waals surface area contributed by atoms with Gasteiger partial charge in [-0.1, -0.05) is 36.7 Å². The van der Waals surface area contributed by atoms with E-state index in [0.29, 0.717) is 36.2 Å². The summed E-state index contributed by atoms with van der Waals surface area (Å²) in [6.07, 6.45) is 11.7. The molecule has 1 spiro atoms. The summed E-state index contributed by atoms with van der Waals surface area (Å²) >= 11 is 6.47. The van der Waals surface area contributed by atoms with E-state index < -0.39 is 39.9 Å². The first kappa shape index (κ1) is 40.1. The third-order valence-corrected chi connectivity index (χ3v) is 14.3. The van der Waals surface area contributed by atoms with Crippen LogP contribution < -0.4 is 19.1 Å². The van der Waals surface area contributed by atoms with E-state index in [1.54, 1.807) is 43.7 Å². The lowest BCUT2D eigenvalue weighted by atomic mass is 9.68. The average Bonchev–Trinajstić information content (AvgIpc) is 3.74. The number of aromatic nitrogens is 4. The molecule has 2 amide bonds. The van der Waals surface area contributed by atoms with Gasteiger partial charge in [0.1, 0.15) is 21.2 Å². The van der Waals surface area contributed by atoms with Crippen LogP contribution in [0.25, 0.3) is 0 Å². The lowest BCUT2D eigenvalue weighted by Gasteiger charge is -2.45. The SMILES string of the molecule is COc1nn(C)cc1C(=O)N[S@@]1(=O)=NC(=O)c2ccc3c(c2)N(C[C@@H]2CC[C@H]2[C@@H](O)/C=C/[C@H](OCc2cn(C)cn2)[C@H](C)C1)C[C@@]1(CCCc2cc(Cl)ccc21)CO3. The van der Waals surface area contributed by atoms with Gasteiger partial charge >= 0.3 is 0 Å². The summed E-state index contributed by atoms with van der Waals surface area (Å²) in [5.74, 6) is -1.51. The molecular weight excluding hydrogens is 782 g/mol. The molecule has 2 N–H and O–H groups in total. The number of rotatable bonds is 6. The molecule has 8 rings (SSSR count). The molecule has 1 fully saturated rings. The molecule has 16 heteroatoms. The highest BCUT2D eigenvalue weighted by atomic mass is 35.5. The number of hydrogen-bond donors (Lipinski definition) is 2. The van der Waals surface area contributed by atoms with Gasteiger partial charge in [0.2, 0.25) is 5.88 Å². The van der Waals surface area contributed by atoms with E-state index in [4.69, 9.17) is 25.8 Å². The molecule has 4 aliphatic rings. The van der Waals surface area contributed by atoms with Gasteiger partial charge in [-0.3, -0.25) is 19.0 Å². The number of benzene rings is 2. The van der Waals surface area contributed by atoms with Crippen molar-refractivity contribution in [1.29, 1.82) is 0 Å². The maximum Gasteiger partial charge on any atom is 0.286 e. The maximum atomic E-state index is 15.0.